The van der Waals surface area contributed by atoms with E-state index >= 15 is 0 Å². The Labute approximate surface area is 433 Å². The van der Waals surface area contributed by atoms with Crippen LogP contribution in [0, 0.1) is 0 Å². The van der Waals surface area contributed by atoms with E-state index in [0.29, 0.717) is 42.5 Å². The lowest BCUT2D eigenvalue weighted by Gasteiger charge is -2.44. The van der Waals surface area contributed by atoms with Crippen LogP contribution >= 0.6 is 0 Å². The zero-order valence-electron chi connectivity index (χ0n) is 38.5. The first-order valence-corrected chi connectivity index (χ1v) is 21.7. The molecule has 9 rings (SSSR count). The summed E-state index contributed by atoms with van der Waals surface area (Å²) in [5, 5.41) is 192. The second-order valence-electron chi connectivity index (χ2n) is 16.9. The van der Waals surface area contributed by atoms with Gasteiger partial charge in [-0.2, -0.15) is 0 Å². The first-order valence-electron chi connectivity index (χ1n) is 21.7. The van der Waals surface area contributed by atoms with Crippen LogP contribution in [-0.2, 0) is 28.4 Å². The number of carboxylic acid groups (broad SMARTS) is 1. The van der Waals surface area contributed by atoms with Gasteiger partial charge in [0, 0.05) is 28.3 Å². The summed E-state index contributed by atoms with van der Waals surface area (Å²) < 4.78 is 39.3. The van der Waals surface area contributed by atoms with Crippen LogP contribution in [0.5, 0.6) is 109 Å². The summed E-state index contributed by atoms with van der Waals surface area (Å²) in [7, 11) is 0. The quantitative estimate of drug-likeness (QED) is 0.0670. The minimum Gasteiger partial charge on any atom is -0.504 e. The van der Waals surface area contributed by atoms with Gasteiger partial charge < -0.3 is 125 Å². The number of aromatic hydroxyl groups is 17. The molecule has 0 aromatic heterocycles. The summed E-state index contributed by atoms with van der Waals surface area (Å²) >= 11 is 0. The first-order chi connectivity index (χ1) is 37.1. The Morgan fingerprint density at radius 3 is 1.25 bits per heavy atom. The molecule has 31 heteroatoms. The average molecular weight is 1100 g/mol. The lowest BCUT2D eigenvalue weighted by molar-refractivity contribution is -0.282. The maximum atomic E-state index is 14.7. The van der Waals surface area contributed by atoms with Gasteiger partial charge in [-0.25, -0.2) is 28.8 Å². The number of aromatic carboxylic acids is 1. The second-order valence-corrected chi connectivity index (χ2v) is 16.9. The number of benzene rings is 6. The number of carboxylic acids is 1. The van der Waals surface area contributed by atoms with Gasteiger partial charge in [0.25, 0.3) is 0 Å². The SMILES string of the molecule is O=C(O)c1cc(O)c(O)c(Oc2c(C(=O)O[C@@H]3O[C@@H]4COC(=O)c5cc(O)c(O)c(O)c5-c5c(cc(O)c(O)c5O)C(=O)O[C@@H]4[C@H]4OC(=O)c5cc(O)c(O)c(O)c5-c5c(cc(O)c(O)c5O)C(=O)O[C@H]34)cc(O)c(O)c2O)c1. The molecule has 0 spiro atoms. The molecular weight excluding hydrogens is 1070 g/mol. The predicted octanol–water partition coefficient (Wildman–Crippen LogP) is 2.55. The molecule has 5 atom stereocenters. The fraction of sp³-hybridized carbons (Fsp3) is 0.125. The smallest absolute Gasteiger partial charge is 0.344 e. The van der Waals surface area contributed by atoms with Crippen LogP contribution in [0.1, 0.15) is 62.1 Å². The monoisotopic (exact) mass is 1100 g/mol. The Morgan fingerprint density at radius 1 is 0.430 bits per heavy atom. The van der Waals surface area contributed by atoms with Crippen molar-refractivity contribution < 1.29 is 154 Å². The van der Waals surface area contributed by atoms with Crippen LogP contribution in [0.4, 0.5) is 0 Å². The molecule has 3 aliphatic heterocycles. The number of hydrogen-bond acceptors (Lipinski definition) is 30. The Morgan fingerprint density at radius 2 is 0.810 bits per heavy atom. The van der Waals surface area contributed by atoms with Crippen LogP contribution in [0.25, 0.3) is 22.3 Å². The minimum absolute atomic E-state index is 0.295. The lowest BCUT2D eigenvalue weighted by Crippen LogP contribution is -2.63. The van der Waals surface area contributed by atoms with Gasteiger partial charge in [0.1, 0.15) is 18.3 Å². The number of rotatable bonds is 5. The summed E-state index contributed by atoms with van der Waals surface area (Å²) in [5.41, 5.74) is -11.3. The van der Waals surface area contributed by atoms with E-state index in [4.69, 9.17) is 33.2 Å². The van der Waals surface area contributed by atoms with Gasteiger partial charge in [-0.3, -0.25) is 0 Å². The zero-order valence-corrected chi connectivity index (χ0v) is 38.5. The van der Waals surface area contributed by atoms with E-state index in [-0.39, 0.29) is 0 Å². The van der Waals surface area contributed by atoms with E-state index in [0.717, 1.165) is 0 Å². The van der Waals surface area contributed by atoms with Gasteiger partial charge in [-0.1, -0.05) is 0 Å². The van der Waals surface area contributed by atoms with Crippen molar-refractivity contribution in [2.75, 3.05) is 6.61 Å². The molecule has 1 fully saturated rings. The van der Waals surface area contributed by atoms with Crippen molar-refractivity contribution in [1.82, 2.24) is 0 Å². The molecule has 410 valence electrons. The molecular formula is C48H32O31. The highest BCUT2D eigenvalue weighted by Gasteiger charge is 2.56. The third kappa shape index (κ3) is 8.40. The van der Waals surface area contributed by atoms with Crippen molar-refractivity contribution in [3.63, 3.8) is 0 Å². The molecule has 0 aliphatic carbocycles. The zero-order chi connectivity index (χ0) is 57.7. The van der Waals surface area contributed by atoms with Gasteiger partial charge >= 0.3 is 35.8 Å². The molecule has 31 nitrogen and oxygen atoms in total. The highest BCUT2D eigenvalue weighted by Crippen LogP contribution is 2.56. The van der Waals surface area contributed by atoms with Crippen molar-refractivity contribution in [3.8, 4) is 131 Å². The predicted molar refractivity (Wildman–Crippen MR) is 244 cm³/mol. The summed E-state index contributed by atoms with van der Waals surface area (Å²) in [6.45, 7) is -1.39. The summed E-state index contributed by atoms with van der Waals surface area (Å²) in [6.07, 6.45) is -13.2. The highest BCUT2D eigenvalue weighted by atomic mass is 16.7. The fourth-order valence-corrected chi connectivity index (χ4v) is 8.50. The largest absolute Gasteiger partial charge is 0.504 e. The molecule has 0 amide bonds. The molecule has 0 bridgehead atoms. The van der Waals surface area contributed by atoms with Crippen molar-refractivity contribution >= 4 is 35.8 Å². The van der Waals surface area contributed by atoms with Gasteiger partial charge in [-0.15, -0.1) is 0 Å². The molecule has 0 radical (unpaired) electrons. The summed E-state index contributed by atoms with van der Waals surface area (Å²) in [6, 6.07) is 2.82. The Kier molecular flexibility index (Phi) is 12.4. The summed E-state index contributed by atoms with van der Waals surface area (Å²) in [4.78, 5) is 84.3. The third-order valence-corrected chi connectivity index (χ3v) is 12.3. The number of ether oxygens (including phenoxy) is 7. The van der Waals surface area contributed by atoms with Crippen molar-refractivity contribution in [3.05, 3.63) is 75.8 Å². The number of esters is 5. The molecule has 18 N–H and O–H groups in total. The van der Waals surface area contributed by atoms with Crippen molar-refractivity contribution in [1.29, 1.82) is 0 Å². The molecule has 3 aliphatic rings. The van der Waals surface area contributed by atoms with Crippen molar-refractivity contribution in [2.24, 2.45) is 0 Å². The first kappa shape index (κ1) is 52.4. The fourth-order valence-electron chi connectivity index (χ4n) is 8.50. The summed E-state index contributed by atoms with van der Waals surface area (Å²) in [5.74, 6) is -37.5. The molecule has 79 heavy (non-hydrogen) atoms. The standard InChI is InChI=1S/C48H32O31/c49-15-1-9(42(66)67)2-21(27(15)55)74-38-14(7-20(54)32(60)37(38)65)47(72)79-48-41-40(77-45(70)12-5-18(52)30(58)35(63)25(12)26-13(46(71)78-41)6-19(53)31(59)36(26)64)39-22(75-48)8-73-43(68)10-3-16(50)28(56)33(61)23(10)24-11(44(69)76-39)4-17(51)29(57)34(24)62/h1-7,22,39-41,48-65H,8H2,(H,66,67)/t22-,39+,40-,41+,48+/m1/s1. The number of hydrogen-bond donors (Lipinski definition) is 18. The highest BCUT2D eigenvalue weighted by molar-refractivity contribution is 6.10. The van der Waals surface area contributed by atoms with Gasteiger partial charge in [0.05, 0.1) is 27.8 Å². The van der Waals surface area contributed by atoms with Crippen molar-refractivity contribution in [2.45, 2.75) is 30.7 Å². The maximum Gasteiger partial charge on any atom is 0.344 e. The van der Waals surface area contributed by atoms with E-state index in [9.17, 15) is 121 Å². The minimum atomic E-state index is -2.81. The van der Waals surface area contributed by atoms with E-state index in [1.165, 1.54) is 0 Å². The molecule has 0 unspecified atom stereocenters. The Balaban J connectivity index is 1.26. The molecule has 6 aromatic rings. The number of carbonyl (C=O) groups excluding carboxylic acids is 5. The van der Waals surface area contributed by atoms with Crippen LogP contribution < -0.4 is 4.74 Å². The number of phenolic OH excluding ortho intramolecular Hbond substituents is 17. The molecule has 3 heterocycles. The topological polar surface area (TPSA) is 531 Å². The normalized spacial score (nSPS) is 18.7. The van der Waals surface area contributed by atoms with E-state index in [1.807, 2.05) is 0 Å². The van der Waals surface area contributed by atoms with E-state index in [1.54, 1.807) is 0 Å². The number of phenols is 17. The lowest BCUT2D eigenvalue weighted by atomic mass is 9.91. The van der Waals surface area contributed by atoms with Crippen LogP contribution in [-0.4, -0.2) is 165 Å². The Bertz CT molecular complexity index is 3730. The number of fused-ring (bicyclic) bond motifs is 9. The van der Waals surface area contributed by atoms with E-state index < -0.39 is 238 Å². The van der Waals surface area contributed by atoms with Gasteiger partial charge in [0.15, 0.2) is 81.2 Å². The third-order valence-electron chi connectivity index (χ3n) is 12.3. The average Bonchev–Trinajstić information content (AvgIpc) is 3.54. The van der Waals surface area contributed by atoms with Gasteiger partial charge in [0.2, 0.25) is 52.6 Å². The van der Waals surface area contributed by atoms with Crippen LogP contribution in [0.3, 0.4) is 0 Å². The van der Waals surface area contributed by atoms with Gasteiger partial charge in [-0.05, 0) is 36.4 Å². The van der Waals surface area contributed by atoms with Crippen LogP contribution in [0.2, 0.25) is 0 Å². The van der Waals surface area contributed by atoms with E-state index in [2.05, 4.69) is 0 Å². The second kappa shape index (κ2) is 18.7. The number of cyclic esters (lactones) is 1. The molecule has 0 saturated carbocycles. The Hall–Kier alpha value is -11.5. The van der Waals surface area contributed by atoms with Crippen LogP contribution in [0.15, 0.2) is 42.5 Å². The molecule has 1 saturated heterocycles. The maximum absolute atomic E-state index is 14.7. The molecule has 6 aromatic carbocycles. The number of carbonyl (C=O) groups is 6.